The molecule has 20 heavy (non-hydrogen) atoms. The van der Waals surface area contributed by atoms with Crippen LogP contribution in [0.1, 0.15) is 47.3 Å². The van der Waals surface area contributed by atoms with E-state index in [1.165, 1.54) is 17.0 Å². The first kappa shape index (κ1) is 16.1. The van der Waals surface area contributed by atoms with E-state index in [1.54, 1.807) is 20.8 Å². The Morgan fingerprint density at radius 2 is 1.95 bits per heavy atom. The molecular weight excluding hydrogens is 260 g/mol. The Balaban J connectivity index is 3.02. The molecule has 0 fully saturated rings. The lowest BCUT2D eigenvalue weighted by Crippen LogP contribution is -2.42. The van der Waals surface area contributed by atoms with E-state index in [1.807, 2.05) is 6.92 Å². The number of aliphatic hydroxyl groups is 1. The smallest absolute Gasteiger partial charge is 0.337 e. The maximum absolute atomic E-state index is 12.3. The van der Waals surface area contributed by atoms with Crippen molar-refractivity contribution >= 4 is 11.9 Å². The molecule has 1 rings (SSSR count). The molecule has 6 nitrogen and oxygen atoms in total. The van der Waals surface area contributed by atoms with E-state index in [-0.39, 0.29) is 23.7 Å². The van der Waals surface area contributed by atoms with Gasteiger partial charge < -0.3 is 15.1 Å². The summed E-state index contributed by atoms with van der Waals surface area (Å²) in [6, 6.07) is 2.77. The number of rotatable bonds is 5. The first-order valence-corrected chi connectivity index (χ1v) is 6.38. The molecule has 1 amide bonds. The van der Waals surface area contributed by atoms with Gasteiger partial charge in [-0.1, -0.05) is 0 Å². The molecule has 6 heteroatoms. The van der Waals surface area contributed by atoms with Crippen molar-refractivity contribution < 1.29 is 19.8 Å². The quantitative estimate of drug-likeness (QED) is 0.849. The predicted octanol–water partition coefficient (Wildman–Crippen LogP) is 1.32. The van der Waals surface area contributed by atoms with Crippen molar-refractivity contribution in [2.75, 3.05) is 13.1 Å². The van der Waals surface area contributed by atoms with Crippen molar-refractivity contribution in [1.29, 1.82) is 0 Å². The Kier molecular flexibility index (Phi) is 4.83. The van der Waals surface area contributed by atoms with Crippen LogP contribution in [0.5, 0.6) is 0 Å². The summed E-state index contributed by atoms with van der Waals surface area (Å²) in [6.07, 6.45) is 0. The van der Waals surface area contributed by atoms with Crippen LogP contribution < -0.4 is 0 Å². The number of aryl methyl sites for hydroxylation is 1. The van der Waals surface area contributed by atoms with Gasteiger partial charge in [0.15, 0.2) is 0 Å². The van der Waals surface area contributed by atoms with Crippen LogP contribution in [-0.4, -0.2) is 50.7 Å². The molecule has 0 unspecified atom stereocenters. The molecule has 1 aromatic heterocycles. The highest BCUT2D eigenvalue weighted by molar-refractivity contribution is 5.94. The number of hydrogen-bond acceptors (Lipinski definition) is 4. The van der Waals surface area contributed by atoms with Crippen molar-refractivity contribution in [3.05, 3.63) is 29.1 Å². The lowest BCUT2D eigenvalue weighted by Gasteiger charge is -2.27. The van der Waals surface area contributed by atoms with Gasteiger partial charge in [0.1, 0.15) is 5.69 Å². The molecular formula is C14H20N2O4. The standard InChI is InChI=1S/C14H20N2O4/c1-5-16(8-14(3,4)20)12(17)11-7-6-10(13(18)19)9(2)15-11/h6-7,20H,5,8H2,1-4H3,(H,18,19). The molecule has 0 saturated carbocycles. The average Bonchev–Trinajstić information content (AvgIpc) is 2.33. The van der Waals surface area contributed by atoms with Crippen molar-refractivity contribution in [2.45, 2.75) is 33.3 Å². The zero-order valence-electron chi connectivity index (χ0n) is 12.2. The van der Waals surface area contributed by atoms with Gasteiger partial charge >= 0.3 is 5.97 Å². The first-order valence-electron chi connectivity index (χ1n) is 6.38. The number of carboxylic acids is 1. The topological polar surface area (TPSA) is 90.7 Å². The summed E-state index contributed by atoms with van der Waals surface area (Å²) in [6.45, 7) is 7.22. The zero-order chi connectivity index (χ0) is 15.5. The van der Waals surface area contributed by atoms with E-state index >= 15 is 0 Å². The molecule has 0 spiro atoms. The number of aromatic carboxylic acids is 1. The van der Waals surface area contributed by atoms with Crippen molar-refractivity contribution in [3.63, 3.8) is 0 Å². The predicted molar refractivity (Wildman–Crippen MR) is 73.8 cm³/mol. The van der Waals surface area contributed by atoms with Crippen LogP contribution in [0.3, 0.4) is 0 Å². The number of pyridine rings is 1. The summed E-state index contributed by atoms with van der Waals surface area (Å²) >= 11 is 0. The molecule has 0 atom stereocenters. The Morgan fingerprint density at radius 3 is 2.35 bits per heavy atom. The molecule has 0 aliphatic carbocycles. The van der Waals surface area contributed by atoms with E-state index in [0.29, 0.717) is 12.2 Å². The molecule has 0 aromatic carbocycles. The Hall–Kier alpha value is -1.95. The van der Waals surface area contributed by atoms with Crippen molar-refractivity contribution in [3.8, 4) is 0 Å². The number of hydrogen-bond donors (Lipinski definition) is 2. The lowest BCUT2D eigenvalue weighted by molar-refractivity contribution is 0.0311. The molecule has 0 aliphatic heterocycles. The first-order chi connectivity index (χ1) is 9.15. The summed E-state index contributed by atoms with van der Waals surface area (Å²) in [5, 5.41) is 18.7. The molecule has 110 valence electrons. The van der Waals surface area contributed by atoms with Crippen LogP contribution in [0.25, 0.3) is 0 Å². The number of amides is 1. The van der Waals surface area contributed by atoms with E-state index < -0.39 is 11.6 Å². The van der Waals surface area contributed by atoms with Gasteiger partial charge in [0.2, 0.25) is 0 Å². The summed E-state index contributed by atoms with van der Waals surface area (Å²) in [5.74, 6) is -1.40. The highest BCUT2D eigenvalue weighted by Gasteiger charge is 2.23. The van der Waals surface area contributed by atoms with Crippen LogP contribution in [0.4, 0.5) is 0 Å². The number of nitrogens with zero attached hydrogens (tertiary/aromatic N) is 2. The maximum atomic E-state index is 12.3. The summed E-state index contributed by atoms with van der Waals surface area (Å²) in [7, 11) is 0. The van der Waals surface area contributed by atoms with Gasteiger partial charge in [-0.15, -0.1) is 0 Å². The third kappa shape index (κ3) is 4.03. The minimum atomic E-state index is -1.07. The zero-order valence-corrected chi connectivity index (χ0v) is 12.2. The number of carboxylic acid groups (broad SMARTS) is 1. The second-order valence-electron chi connectivity index (χ2n) is 5.27. The second-order valence-corrected chi connectivity index (χ2v) is 5.27. The largest absolute Gasteiger partial charge is 0.478 e. The third-order valence-electron chi connectivity index (χ3n) is 2.78. The minimum Gasteiger partial charge on any atom is -0.478 e. The van der Waals surface area contributed by atoms with E-state index in [0.717, 1.165) is 0 Å². The summed E-state index contributed by atoms with van der Waals surface area (Å²) < 4.78 is 0. The van der Waals surface area contributed by atoms with Crippen LogP contribution >= 0.6 is 0 Å². The summed E-state index contributed by atoms with van der Waals surface area (Å²) in [5.41, 5.74) is -0.449. The van der Waals surface area contributed by atoms with Crippen LogP contribution in [0, 0.1) is 6.92 Å². The lowest BCUT2D eigenvalue weighted by atomic mass is 10.1. The number of carbonyl (C=O) groups excluding carboxylic acids is 1. The summed E-state index contributed by atoms with van der Waals surface area (Å²) in [4.78, 5) is 28.7. The van der Waals surface area contributed by atoms with Gasteiger partial charge in [-0.05, 0) is 39.8 Å². The SMILES string of the molecule is CCN(CC(C)(C)O)C(=O)c1ccc(C(=O)O)c(C)n1. The monoisotopic (exact) mass is 280 g/mol. The number of aromatic nitrogens is 1. The molecule has 0 saturated heterocycles. The van der Waals surface area contributed by atoms with E-state index in [4.69, 9.17) is 5.11 Å². The number of likely N-dealkylation sites (N-methyl/N-ethyl adjacent to an activating group) is 1. The highest BCUT2D eigenvalue weighted by Crippen LogP contribution is 2.12. The van der Waals surface area contributed by atoms with Crippen molar-refractivity contribution in [2.24, 2.45) is 0 Å². The fourth-order valence-corrected chi connectivity index (χ4v) is 1.86. The molecule has 2 N–H and O–H groups in total. The van der Waals surface area contributed by atoms with Crippen molar-refractivity contribution in [1.82, 2.24) is 9.88 Å². The molecule has 0 bridgehead atoms. The highest BCUT2D eigenvalue weighted by atomic mass is 16.4. The van der Waals surface area contributed by atoms with Crippen LogP contribution in [0.2, 0.25) is 0 Å². The van der Waals surface area contributed by atoms with Gasteiger partial charge in [0.25, 0.3) is 5.91 Å². The molecule has 1 aromatic rings. The number of carbonyl (C=O) groups is 2. The molecule has 1 heterocycles. The Labute approximate surface area is 118 Å². The van der Waals surface area contributed by atoms with Gasteiger partial charge in [-0.25, -0.2) is 9.78 Å². The third-order valence-corrected chi connectivity index (χ3v) is 2.78. The molecule has 0 aliphatic rings. The fraction of sp³-hybridized carbons (Fsp3) is 0.500. The Bertz CT molecular complexity index is 520. The Morgan fingerprint density at radius 1 is 1.35 bits per heavy atom. The van der Waals surface area contributed by atoms with E-state index in [2.05, 4.69) is 4.98 Å². The van der Waals surface area contributed by atoms with Crippen LogP contribution in [-0.2, 0) is 0 Å². The average molecular weight is 280 g/mol. The van der Waals surface area contributed by atoms with Gasteiger partial charge in [-0.3, -0.25) is 4.79 Å². The normalized spacial score (nSPS) is 11.2. The fourth-order valence-electron chi connectivity index (χ4n) is 1.86. The van der Waals surface area contributed by atoms with Crippen LogP contribution in [0.15, 0.2) is 12.1 Å². The van der Waals surface area contributed by atoms with Gasteiger partial charge in [0.05, 0.1) is 16.9 Å². The molecule has 0 radical (unpaired) electrons. The maximum Gasteiger partial charge on any atom is 0.337 e. The van der Waals surface area contributed by atoms with Gasteiger partial charge in [-0.2, -0.15) is 0 Å². The minimum absolute atomic E-state index is 0.0760. The van der Waals surface area contributed by atoms with Gasteiger partial charge in [0, 0.05) is 13.1 Å². The second kappa shape index (κ2) is 6.00. The van der Waals surface area contributed by atoms with E-state index in [9.17, 15) is 14.7 Å².